The molecule has 24 heavy (non-hydrogen) atoms. The van der Waals surface area contributed by atoms with Crippen molar-refractivity contribution < 1.29 is 19.1 Å². The lowest BCUT2D eigenvalue weighted by Gasteiger charge is -2.09. The molecule has 0 atom stereocenters. The number of esters is 2. The molecule has 0 bridgehead atoms. The molecule has 0 aliphatic carbocycles. The van der Waals surface area contributed by atoms with Crippen LogP contribution in [-0.2, 0) is 16.1 Å². The summed E-state index contributed by atoms with van der Waals surface area (Å²) in [5.74, 6) is -1.27. The second-order valence-corrected chi connectivity index (χ2v) is 5.95. The van der Waals surface area contributed by atoms with Gasteiger partial charge in [-0.15, -0.1) is 0 Å². The van der Waals surface area contributed by atoms with Crippen molar-refractivity contribution in [3.8, 4) is 0 Å². The minimum atomic E-state index is -0.808. The third-order valence-corrected chi connectivity index (χ3v) is 4.60. The van der Waals surface area contributed by atoms with Crippen LogP contribution in [0.1, 0.15) is 26.4 Å². The highest BCUT2D eigenvalue weighted by atomic mass is 35.5. The summed E-state index contributed by atoms with van der Waals surface area (Å²) in [7, 11) is 1.29. The van der Waals surface area contributed by atoms with Crippen molar-refractivity contribution in [2.24, 2.45) is 0 Å². The van der Waals surface area contributed by atoms with Crippen LogP contribution >= 0.6 is 46.4 Å². The highest BCUT2D eigenvalue weighted by Gasteiger charge is 2.21. The monoisotopic (exact) mass is 407 g/mol. The van der Waals surface area contributed by atoms with Crippen LogP contribution in [-0.4, -0.2) is 24.0 Å². The zero-order valence-electron chi connectivity index (χ0n) is 12.1. The summed E-state index contributed by atoms with van der Waals surface area (Å²) in [5.41, 5.74) is 0.800. The SMILES string of the molecule is COC(=O)c1ccc(COC(=O)c2nc(Cl)c(Cl)c(Cl)c2Cl)cc1. The van der Waals surface area contributed by atoms with E-state index in [1.807, 2.05) is 0 Å². The number of methoxy groups -OCH3 is 1. The molecular formula is C15H9Cl4NO4. The molecule has 0 unspecified atom stereocenters. The van der Waals surface area contributed by atoms with Gasteiger partial charge in [-0.3, -0.25) is 0 Å². The van der Waals surface area contributed by atoms with Crippen LogP contribution in [0, 0.1) is 0 Å². The summed E-state index contributed by atoms with van der Waals surface area (Å²) in [4.78, 5) is 27.2. The van der Waals surface area contributed by atoms with Crippen LogP contribution in [0.2, 0.25) is 20.2 Å². The van der Waals surface area contributed by atoms with Gasteiger partial charge in [-0.1, -0.05) is 58.5 Å². The highest BCUT2D eigenvalue weighted by Crippen LogP contribution is 2.36. The van der Waals surface area contributed by atoms with Gasteiger partial charge in [0.1, 0.15) is 11.8 Å². The molecule has 0 amide bonds. The molecule has 5 nitrogen and oxygen atoms in total. The summed E-state index contributed by atoms with van der Waals surface area (Å²) >= 11 is 23.4. The van der Waals surface area contributed by atoms with Gasteiger partial charge in [-0.2, -0.15) is 0 Å². The van der Waals surface area contributed by atoms with Gasteiger partial charge >= 0.3 is 11.9 Å². The Morgan fingerprint density at radius 1 is 0.958 bits per heavy atom. The number of pyridine rings is 1. The lowest BCUT2D eigenvalue weighted by molar-refractivity contribution is 0.0464. The molecule has 0 spiro atoms. The van der Waals surface area contributed by atoms with E-state index in [1.54, 1.807) is 24.3 Å². The molecule has 2 aromatic rings. The van der Waals surface area contributed by atoms with Crippen LogP contribution in [0.5, 0.6) is 0 Å². The lowest BCUT2D eigenvalue weighted by atomic mass is 10.1. The topological polar surface area (TPSA) is 65.5 Å². The molecule has 2 rings (SSSR count). The quantitative estimate of drug-likeness (QED) is 0.534. The first-order chi connectivity index (χ1) is 11.3. The number of hydrogen-bond acceptors (Lipinski definition) is 5. The number of halogens is 4. The van der Waals surface area contributed by atoms with Gasteiger partial charge in [0, 0.05) is 0 Å². The molecule has 1 aromatic heterocycles. The van der Waals surface area contributed by atoms with E-state index in [9.17, 15) is 9.59 Å². The molecule has 0 aliphatic rings. The number of nitrogens with zero attached hydrogens (tertiary/aromatic N) is 1. The van der Waals surface area contributed by atoms with Gasteiger partial charge < -0.3 is 9.47 Å². The van der Waals surface area contributed by atoms with Crippen LogP contribution in [0.15, 0.2) is 24.3 Å². The fourth-order valence-corrected chi connectivity index (χ4v) is 2.50. The Morgan fingerprint density at radius 3 is 2.17 bits per heavy atom. The molecular weight excluding hydrogens is 400 g/mol. The largest absolute Gasteiger partial charge is 0.465 e. The number of hydrogen-bond donors (Lipinski definition) is 0. The second-order valence-electron chi connectivity index (χ2n) is 4.46. The highest BCUT2D eigenvalue weighted by molar-refractivity contribution is 6.52. The normalized spacial score (nSPS) is 10.4. The van der Waals surface area contributed by atoms with Crippen molar-refractivity contribution >= 4 is 58.3 Å². The van der Waals surface area contributed by atoms with Crippen molar-refractivity contribution in [3.05, 3.63) is 61.3 Å². The first kappa shape index (κ1) is 18.8. The number of benzene rings is 1. The zero-order chi connectivity index (χ0) is 17.9. The first-order valence-corrected chi connectivity index (χ1v) is 7.90. The standard InChI is InChI=1S/C15H9Cl4NO4/c1-23-14(21)8-4-2-7(3-5-8)6-24-15(22)12-10(17)9(16)11(18)13(19)20-12/h2-5H,6H2,1H3. The molecule has 0 aliphatic heterocycles. The summed E-state index contributed by atoms with van der Waals surface area (Å²) in [6.07, 6.45) is 0. The van der Waals surface area contributed by atoms with E-state index in [4.69, 9.17) is 51.1 Å². The van der Waals surface area contributed by atoms with Crippen LogP contribution in [0.3, 0.4) is 0 Å². The van der Waals surface area contributed by atoms with E-state index >= 15 is 0 Å². The number of carbonyl (C=O) groups is 2. The van der Waals surface area contributed by atoms with Crippen LogP contribution < -0.4 is 0 Å². The fourth-order valence-electron chi connectivity index (χ4n) is 1.69. The third-order valence-electron chi connectivity index (χ3n) is 2.92. The van der Waals surface area contributed by atoms with Crippen molar-refractivity contribution in [2.45, 2.75) is 6.61 Å². The average molecular weight is 409 g/mol. The van der Waals surface area contributed by atoms with Crippen LogP contribution in [0.4, 0.5) is 0 Å². The van der Waals surface area contributed by atoms with Gasteiger partial charge in [0.15, 0.2) is 5.69 Å². The Balaban J connectivity index is 2.10. The third kappa shape index (κ3) is 4.11. The average Bonchev–Trinajstić information content (AvgIpc) is 2.60. The van der Waals surface area contributed by atoms with Crippen molar-refractivity contribution in [2.75, 3.05) is 7.11 Å². The Kier molecular flexibility index (Phi) is 6.29. The summed E-state index contributed by atoms with van der Waals surface area (Å²) in [5, 5.41) is -0.413. The maximum Gasteiger partial charge on any atom is 0.358 e. The van der Waals surface area contributed by atoms with Crippen LogP contribution in [0.25, 0.3) is 0 Å². The van der Waals surface area contributed by atoms with E-state index in [0.29, 0.717) is 11.1 Å². The van der Waals surface area contributed by atoms with Crippen molar-refractivity contribution in [1.82, 2.24) is 4.98 Å². The van der Waals surface area contributed by atoms with E-state index in [0.717, 1.165) is 0 Å². The predicted octanol–water partition coefficient (Wildman–Crippen LogP) is 4.84. The van der Waals surface area contributed by atoms with Gasteiger partial charge in [0.25, 0.3) is 0 Å². The number of rotatable bonds is 4. The maximum atomic E-state index is 12.1. The van der Waals surface area contributed by atoms with Gasteiger partial charge in [-0.05, 0) is 17.7 Å². The Morgan fingerprint density at radius 2 is 1.58 bits per heavy atom. The number of carbonyl (C=O) groups excluding carboxylic acids is 2. The molecule has 0 saturated carbocycles. The smallest absolute Gasteiger partial charge is 0.358 e. The van der Waals surface area contributed by atoms with E-state index in [2.05, 4.69) is 9.72 Å². The fraction of sp³-hybridized carbons (Fsp3) is 0.133. The maximum absolute atomic E-state index is 12.1. The number of ether oxygens (including phenoxy) is 2. The molecule has 0 radical (unpaired) electrons. The van der Waals surface area contributed by atoms with Gasteiger partial charge in [0.2, 0.25) is 0 Å². The zero-order valence-corrected chi connectivity index (χ0v) is 15.1. The molecule has 9 heteroatoms. The minimum Gasteiger partial charge on any atom is -0.465 e. The molecule has 1 heterocycles. The number of aromatic nitrogens is 1. The predicted molar refractivity (Wildman–Crippen MR) is 91.2 cm³/mol. The molecule has 0 fully saturated rings. The Bertz CT molecular complexity index is 793. The van der Waals surface area contributed by atoms with Crippen molar-refractivity contribution in [1.29, 1.82) is 0 Å². The summed E-state index contributed by atoms with van der Waals surface area (Å²) in [6, 6.07) is 6.35. The van der Waals surface area contributed by atoms with E-state index < -0.39 is 11.9 Å². The Hall–Kier alpha value is -1.53. The molecule has 1 aromatic carbocycles. The summed E-state index contributed by atoms with van der Waals surface area (Å²) in [6.45, 7) is -0.0594. The van der Waals surface area contributed by atoms with E-state index in [1.165, 1.54) is 7.11 Å². The minimum absolute atomic E-state index is 0.0433. The van der Waals surface area contributed by atoms with E-state index in [-0.39, 0.29) is 32.5 Å². The molecule has 126 valence electrons. The molecule has 0 saturated heterocycles. The summed E-state index contributed by atoms with van der Waals surface area (Å²) < 4.78 is 9.70. The lowest BCUT2D eigenvalue weighted by Crippen LogP contribution is -2.09. The molecule has 0 N–H and O–H groups in total. The second kappa shape index (κ2) is 8.03. The van der Waals surface area contributed by atoms with Gasteiger partial charge in [0.05, 0.1) is 27.7 Å². The van der Waals surface area contributed by atoms with Crippen molar-refractivity contribution in [3.63, 3.8) is 0 Å². The Labute approximate surface area is 157 Å². The first-order valence-electron chi connectivity index (χ1n) is 6.39. The van der Waals surface area contributed by atoms with Gasteiger partial charge in [-0.25, -0.2) is 14.6 Å².